The van der Waals surface area contributed by atoms with Crippen LogP contribution in [0.5, 0.6) is 0 Å². The van der Waals surface area contributed by atoms with E-state index in [4.69, 9.17) is 10.9 Å². The van der Waals surface area contributed by atoms with Gasteiger partial charge in [-0.05, 0) is 23.9 Å². The third kappa shape index (κ3) is 3.59. The van der Waals surface area contributed by atoms with Gasteiger partial charge in [0.15, 0.2) is 0 Å². The van der Waals surface area contributed by atoms with Crippen LogP contribution in [0.15, 0.2) is 53.0 Å². The highest BCUT2D eigenvalue weighted by molar-refractivity contribution is 7.10. The van der Waals surface area contributed by atoms with Crippen LogP contribution in [0.1, 0.15) is 29.3 Å². The van der Waals surface area contributed by atoms with E-state index in [1.807, 2.05) is 36.4 Å². The molecule has 0 spiro atoms. The summed E-state index contributed by atoms with van der Waals surface area (Å²) >= 11 is 1.72. The van der Waals surface area contributed by atoms with E-state index in [2.05, 4.69) is 28.8 Å². The zero-order valence-corrected chi connectivity index (χ0v) is 12.2. The normalized spacial score (nSPS) is 14.9. The molecule has 20 heavy (non-hydrogen) atoms. The van der Waals surface area contributed by atoms with Crippen molar-refractivity contribution >= 4 is 17.2 Å². The van der Waals surface area contributed by atoms with Gasteiger partial charge in [0.05, 0.1) is 5.92 Å². The van der Waals surface area contributed by atoms with Gasteiger partial charge in [-0.1, -0.05) is 41.6 Å². The molecule has 0 radical (unpaired) electrons. The molecule has 4 N–H and O–H groups in total. The Kier molecular flexibility index (Phi) is 5.15. The molecule has 106 valence electrons. The Morgan fingerprint density at radius 3 is 2.65 bits per heavy atom. The Morgan fingerprint density at radius 1 is 1.30 bits per heavy atom. The lowest BCUT2D eigenvalue weighted by atomic mass is 9.97. The number of oxime groups is 1. The first kappa shape index (κ1) is 14.6. The number of nitrogens with zero attached hydrogens (tertiary/aromatic N) is 1. The summed E-state index contributed by atoms with van der Waals surface area (Å²) in [5.41, 5.74) is 6.85. The molecular formula is C15H19N3OS. The highest BCUT2D eigenvalue weighted by atomic mass is 32.1. The smallest absolute Gasteiger partial charge is 0.147 e. The number of hydrogen-bond donors (Lipinski definition) is 3. The van der Waals surface area contributed by atoms with E-state index in [1.54, 1.807) is 11.3 Å². The average molecular weight is 289 g/mol. The third-order valence-corrected chi connectivity index (χ3v) is 4.33. The van der Waals surface area contributed by atoms with Crippen LogP contribution in [0.25, 0.3) is 0 Å². The molecule has 1 heterocycles. The fourth-order valence-electron chi connectivity index (χ4n) is 2.08. The van der Waals surface area contributed by atoms with E-state index in [1.165, 1.54) is 4.88 Å². The first-order chi connectivity index (χ1) is 9.72. The van der Waals surface area contributed by atoms with E-state index < -0.39 is 0 Å². The van der Waals surface area contributed by atoms with Crippen molar-refractivity contribution in [2.45, 2.75) is 18.9 Å². The van der Waals surface area contributed by atoms with Crippen molar-refractivity contribution in [1.29, 1.82) is 0 Å². The molecule has 2 rings (SSSR count). The van der Waals surface area contributed by atoms with Gasteiger partial charge in [-0.15, -0.1) is 11.3 Å². The van der Waals surface area contributed by atoms with E-state index in [0.717, 1.165) is 5.56 Å². The van der Waals surface area contributed by atoms with Crippen molar-refractivity contribution in [3.05, 3.63) is 58.3 Å². The van der Waals surface area contributed by atoms with E-state index in [0.29, 0.717) is 6.54 Å². The van der Waals surface area contributed by atoms with Crippen LogP contribution in [0, 0.1) is 0 Å². The van der Waals surface area contributed by atoms with Crippen LogP contribution in [-0.2, 0) is 0 Å². The Balaban J connectivity index is 2.06. The third-order valence-electron chi connectivity index (χ3n) is 3.27. The number of hydrogen-bond acceptors (Lipinski definition) is 4. The van der Waals surface area contributed by atoms with Gasteiger partial charge in [-0.25, -0.2) is 0 Å². The van der Waals surface area contributed by atoms with Crippen molar-refractivity contribution in [1.82, 2.24) is 5.32 Å². The number of benzene rings is 1. The second kappa shape index (κ2) is 7.07. The summed E-state index contributed by atoms with van der Waals surface area (Å²) in [6, 6.07) is 14.2. The minimum atomic E-state index is -0.136. The molecule has 0 amide bonds. The van der Waals surface area contributed by atoms with Gasteiger partial charge >= 0.3 is 0 Å². The number of nitrogens with two attached hydrogens (primary N) is 1. The molecule has 0 saturated carbocycles. The van der Waals surface area contributed by atoms with Crippen molar-refractivity contribution in [3.63, 3.8) is 0 Å². The SMILES string of the molecule is C[C@@H](NCC(/C(N)=N/O)c1ccccc1)c1cccs1. The van der Waals surface area contributed by atoms with Gasteiger partial charge in [0, 0.05) is 17.5 Å². The highest BCUT2D eigenvalue weighted by Gasteiger charge is 2.17. The van der Waals surface area contributed by atoms with E-state index >= 15 is 0 Å². The number of rotatable bonds is 6. The summed E-state index contributed by atoms with van der Waals surface area (Å²) in [5, 5.41) is 17.6. The van der Waals surface area contributed by atoms with Crippen molar-refractivity contribution < 1.29 is 5.21 Å². The maximum absolute atomic E-state index is 8.95. The van der Waals surface area contributed by atoms with Gasteiger partial charge in [0.2, 0.25) is 0 Å². The molecule has 0 aliphatic heterocycles. The van der Waals surface area contributed by atoms with Gasteiger partial charge in [0.25, 0.3) is 0 Å². The van der Waals surface area contributed by atoms with E-state index in [-0.39, 0.29) is 17.8 Å². The second-order valence-electron chi connectivity index (χ2n) is 4.63. The summed E-state index contributed by atoms with van der Waals surface area (Å²) < 4.78 is 0. The molecule has 5 heteroatoms. The van der Waals surface area contributed by atoms with Gasteiger partial charge < -0.3 is 16.3 Å². The Hall–Kier alpha value is -1.85. The molecule has 0 bridgehead atoms. The molecule has 0 fully saturated rings. The van der Waals surface area contributed by atoms with Crippen molar-refractivity contribution in [2.75, 3.05) is 6.54 Å². The predicted molar refractivity (Wildman–Crippen MR) is 83.3 cm³/mol. The number of amidine groups is 1. The van der Waals surface area contributed by atoms with Gasteiger partial charge in [-0.3, -0.25) is 0 Å². The molecule has 0 saturated heterocycles. The van der Waals surface area contributed by atoms with Gasteiger partial charge in [-0.2, -0.15) is 0 Å². The van der Waals surface area contributed by atoms with Crippen molar-refractivity contribution in [2.24, 2.45) is 10.9 Å². The van der Waals surface area contributed by atoms with Crippen LogP contribution < -0.4 is 11.1 Å². The second-order valence-corrected chi connectivity index (χ2v) is 5.61. The molecule has 1 aromatic heterocycles. The monoisotopic (exact) mass is 289 g/mol. The standard InChI is InChI=1S/C15H19N3OS/c1-11(14-8-5-9-20-14)17-10-13(15(16)18-19)12-6-3-2-4-7-12/h2-9,11,13,17,19H,10H2,1H3,(H2,16,18)/t11-,13?/m1/s1. The van der Waals surface area contributed by atoms with Crippen LogP contribution in [-0.4, -0.2) is 17.6 Å². The first-order valence-corrected chi connectivity index (χ1v) is 7.39. The predicted octanol–water partition coefficient (Wildman–Crippen LogP) is 2.93. The maximum Gasteiger partial charge on any atom is 0.147 e. The Bertz CT molecular complexity index is 540. The molecule has 0 aliphatic rings. The molecule has 2 aromatic rings. The first-order valence-electron chi connectivity index (χ1n) is 6.51. The largest absolute Gasteiger partial charge is 0.409 e. The lowest BCUT2D eigenvalue weighted by Crippen LogP contribution is -2.32. The Labute approximate surface area is 122 Å². The van der Waals surface area contributed by atoms with Crippen LogP contribution >= 0.6 is 11.3 Å². The quantitative estimate of drug-likeness (QED) is 0.331. The fraction of sp³-hybridized carbons (Fsp3) is 0.267. The van der Waals surface area contributed by atoms with E-state index in [9.17, 15) is 0 Å². The Morgan fingerprint density at radius 2 is 2.05 bits per heavy atom. The summed E-state index contributed by atoms with van der Waals surface area (Å²) in [7, 11) is 0. The molecule has 1 aromatic carbocycles. The summed E-state index contributed by atoms with van der Waals surface area (Å²) in [6.45, 7) is 2.74. The maximum atomic E-state index is 8.95. The fourth-order valence-corrected chi connectivity index (χ4v) is 2.84. The summed E-state index contributed by atoms with van der Waals surface area (Å²) in [5.74, 6) is 0.0886. The molecular weight excluding hydrogens is 270 g/mol. The highest BCUT2D eigenvalue weighted by Crippen LogP contribution is 2.20. The zero-order valence-electron chi connectivity index (χ0n) is 11.4. The molecule has 1 unspecified atom stereocenters. The molecule has 0 aliphatic carbocycles. The van der Waals surface area contributed by atoms with Crippen LogP contribution in [0.4, 0.5) is 0 Å². The topological polar surface area (TPSA) is 70.6 Å². The van der Waals surface area contributed by atoms with Gasteiger partial charge in [0.1, 0.15) is 5.84 Å². The van der Waals surface area contributed by atoms with Crippen LogP contribution in [0.2, 0.25) is 0 Å². The number of nitrogens with one attached hydrogen (secondary N) is 1. The van der Waals surface area contributed by atoms with Crippen LogP contribution in [0.3, 0.4) is 0 Å². The molecule has 2 atom stereocenters. The lowest BCUT2D eigenvalue weighted by molar-refractivity contribution is 0.315. The van der Waals surface area contributed by atoms with Crippen molar-refractivity contribution in [3.8, 4) is 0 Å². The number of thiophene rings is 1. The average Bonchev–Trinajstić information content (AvgIpc) is 3.02. The molecule has 4 nitrogen and oxygen atoms in total. The summed E-state index contributed by atoms with van der Waals surface area (Å²) in [4.78, 5) is 1.27. The summed E-state index contributed by atoms with van der Waals surface area (Å²) in [6.07, 6.45) is 0. The minimum Gasteiger partial charge on any atom is -0.409 e. The zero-order chi connectivity index (χ0) is 14.4. The lowest BCUT2D eigenvalue weighted by Gasteiger charge is -2.19. The minimum absolute atomic E-state index is 0.136.